The molecule has 0 N–H and O–H groups in total. The molecule has 9 heteroatoms. The van der Waals surface area contributed by atoms with E-state index in [0.29, 0.717) is 10.5 Å². The largest absolute Gasteiger partial charge is 0.460 e. The van der Waals surface area contributed by atoms with Crippen LogP contribution in [0.25, 0.3) is 6.08 Å². The van der Waals surface area contributed by atoms with Crippen molar-refractivity contribution in [2.75, 3.05) is 6.61 Å². The molecule has 1 aromatic carbocycles. The molecule has 0 aromatic heterocycles. The Hall–Kier alpha value is -2.84. The Balaban J connectivity index is 2.26. The lowest BCUT2D eigenvalue weighted by Gasteiger charge is -2.24. The summed E-state index contributed by atoms with van der Waals surface area (Å²) in [7, 11) is 0. The van der Waals surface area contributed by atoms with Crippen LogP contribution in [-0.2, 0) is 19.1 Å². The first-order valence-electron chi connectivity index (χ1n) is 9.41. The van der Waals surface area contributed by atoms with Gasteiger partial charge in [0.05, 0.1) is 12.1 Å². The summed E-state index contributed by atoms with van der Waals surface area (Å²) in [6.07, 6.45) is -6.45. The Morgan fingerprint density at radius 1 is 1.20 bits per heavy atom. The highest BCUT2D eigenvalue weighted by Gasteiger charge is 2.40. The van der Waals surface area contributed by atoms with Crippen molar-refractivity contribution in [1.82, 2.24) is 4.90 Å². The van der Waals surface area contributed by atoms with Crippen molar-refractivity contribution in [2.45, 2.75) is 51.8 Å². The summed E-state index contributed by atoms with van der Waals surface area (Å²) in [5.41, 5.74) is 0.0135. The average Bonchev–Trinajstić information content (AvgIpc) is 2.97. The number of imide groups is 1. The normalized spacial score (nSPS) is 17.1. The number of halogens is 3. The van der Waals surface area contributed by atoms with Gasteiger partial charge in [-0.05, 0) is 38.8 Å². The quantitative estimate of drug-likeness (QED) is 0.616. The smallest absolute Gasteiger partial charge is 0.421 e. The monoisotopic (exact) mass is 427 g/mol. The lowest BCUT2D eigenvalue weighted by molar-refractivity contribution is -0.160. The molecule has 30 heavy (non-hydrogen) atoms. The molecule has 0 saturated carbocycles. The summed E-state index contributed by atoms with van der Waals surface area (Å²) in [6, 6.07) is 8.77. The van der Waals surface area contributed by atoms with E-state index in [1.807, 2.05) is 0 Å². The first-order chi connectivity index (χ1) is 13.9. The minimum Gasteiger partial charge on any atom is -0.460 e. The van der Waals surface area contributed by atoms with Crippen LogP contribution in [0.5, 0.6) is 0 Å². The molecule has 1 aromatic rings. The van der Waals surface area contributed by atoms with Gasteiger partial charge in [-0.25, -0.2) is 9.69 Å². The summed E-state index contributed by atoms with van der Waals surface area (Å²) >= 11 is 0. The molecule has 0 aliphatic carbocycles. The van der Waals surface area contributed by atoms with Crippen LogP contribution in [0.4, 0.5) is 18.0 Å². The van der Waals surface area contributed by atoms with Gasteiger partial charge >= 0.3 is 18.2 Å². The Morgan fingerprint density at radius 2 is 1.83 bits per heavy atom. The summed E-state index contributed by atoms with van der Waals surface area (Å²) < 4.78 is 48.3. The molecule has 1 aliphatic heterocycles. The van der Waals surface area contributed by atoms with E-state index in [9.17, 15) is 27.6 Å². The fraction of sp³-hybridized carbons (Fsp3) is 0.476. The van der Waals surface area contributed by atoms with Gasteiger partial charge < -0.3 is 9.47 Å². The van der Waals surface area contributed by atoms with Gasteiger partial charge in [0.2, 0.25) is 5.91 Å². The first kappa shape index (κ1) is 23.4. The molecule has 2 amide bonds. The molecule has 6 nitrogen and oxygen atoms in total. The van der Waals surface area contributed by atoms with Crippen molar-refractivity contribution in [3.63, 3.8) is 0 Å². The van der Waals surface area contributed by atoms with Crippen LogP contribution in [0.15, 0.2) is 36.0 Å². The van der Waals surface area contributed by atoms with Crippen LogP contribution in [-0.4, -0.2) is 41.3 Å². The number of carbonyl (C=O) groups excluding carboxylic acids is 3. The second-order valence-electron chi connectivity index (χ2n) is 7.92. The van der Waals surface area contributed by atoms with E-state index in [4.69, 9.17) is 9.47 Å². The summed E-state index contributed by atoms with van der Waals surface area (Å²) in [5, 5.41) is 0. The maximum absolute atomic E-state index is 13.0. The van der Waals surface area contributed by atoms with Gasteiger partial charge in [-0.1, -0.05) is 30.3 Å². The molecule has 1 aliphatic rings. The van der Waals surface area contributed by atoms with Crippen LogP contribution >= 0.6 is 0 Å². The standard InChI is InChI=1S/C21H24F3NO5/c1-20(2,3)30-17(26)12-15(9-10-21(22,23)24)18(27)25-16(13-29-19(25)28)11-14-7-5-4-6-8-14/h4-8,11,15H,9-10,12-13H2,1-3H3/b16-11+/t15-/m1/s1. The molecule has 1 fully saturated rings. The highest BCUT2D eigenvalue weighted by Crippen LogP contribution is 2.30. The number of alkyl halides is 3. The Morgan fingerprint density at radius 3 is 2.40 bits per heavy atom. The maximum Gasteiger partial charge on any atom is 0.421 e. The lowest BCUT2D eigenvalue weighted by atomic mass is 9.97. The molecule has 1 saturated heterocycles. The molecular weight excluding hydrogens is 403 g/mol. The number of benzene rings is 1. The fourth-order valence-electron chi connectivity index (χ4n) is 2.88. The van der Waals surface area contributed by atoms with E-state index in [1.165, 1.54) is 6.08 Å². The number of ether oxygens (including phenoxy) is 2. The molecule has 0 radical (unpaired) electrons. The third-order valence-corrected chi connectivity index (χ3v) is 4.13. The van der Waals surface area contributed by atoms with Crippen LogP contribution < -0.4 is 0 Å². The molecule has 0 spiro atoms. The molecule has 0 bridgehead atoms. The van der Waals surface area contributed by atoms with Crippen molar-refractivity contribution >= 4 is 24.0 Å². The maximum atomic E-state index is 13.0. The van der Waals surface area contributed by atoms with Gasteiger partial charge in [0.25, 0.3) is 0 Å². The first-order valence-corrected chi connectivity index (χ1v) is 9.41. The summed E-state index contributed by atoms with van der Waals surface area (Å²) in [5.74, 6) is -3.12. The number of esters is 1. The minimum atomic E-state index is -4.51. The highest BCUT2D eigenvalue weighted by molar-refractivity contribution is 5.99. The lowest BCUT2D eigenvalue weighted by Crippen LogP contribution is -2.38. The van der Waals surface area contributed by atoms with Crippen molar-refractivity contribution in [3.8, 4) is 0 Å². The second kappa shape index (κ2) is 9.32. The van der Waals surface area contributed by atoms with Gasteiger partial charge in [-0.2, -0.15) is 13.2 Å². The third kappa shape index (κ3) is 7.20. The zero-order valence-corrected chi connectivity index (χ0v) is 17.0. The van der Waals surface area contributed by atoms with Gasteiger partial charge in [0.15, 0.2) is 0 Å². The zero-order valence-electron chi connectivity index (χ0n) is 17.0. The summed E-state index contributed by atoms with van der Waals surface area (Å²) in [6.45, 7) is 4.62. The van der Waals surface area contributed by atoms with E-state index in [-0.39, 0.29) is 12.3 Å². The van der Waals surface area contributed by atoms with Crippen molar-refractivity contribution in [2.24, 2.45) is 5.92 Å². The average molecular weight is 427 g/mol. The van der Waals surface area contributed by atoms with E-state index < -0.39 is 54.9 Å². The van der Waals surface area contributed by atoms with Gasteiger partial charge in [0.1, 0.15) is 12.2 Å². The van der Waals surface area contributed by atoms with E-state index in [0.717, 1.165) is 0 Å². The van der Waals surface area contributed by atoms with Crippen molar-refractivity contribution in [3.05, 3.63) is 41.6 Å². The molecule has 1 atom stereocenters. The Kier molecular flexibility index (Phi) is 7.28. The third-order valence-electron chi connectivity index (χ3n) is 4.13. The topological polar surface area (TPSA) is 72.9 Å². The second-order valence-corrected chi connectivity index (χ2v) is 7.92. The highest BCUT2D eigenvalue weighted by atomic mass is 19.4. The van der Waals surface area contributed by atoms with Crippen LogP contribution in [0, 0.1) is 5.92 Å². The van der Waals surface area contributed by atoms with E-state index in [1.54, 1.807) is 51.1 Å². The number of hydrogen-bond acceptors (Lipinski definition) is 5. The van der Waals surface area contributed by atoms with E-state index >= 15 is 0 Å². The number of amides is 2. The van der Waals surface area contributed by atoms with Gasteiger partial charge in [-0.3, -0.25) is 9.59 Å². The number of hydrogen-bond donors (Lipinski definition) is 0. The molecular formula is C21H24F3NO5. The van der Waals surface area contributed by atoms with Crippen LogP contribution in [0.2, 0.25) is 0 Å². The number of carbonyl (C=O) groups is 3. The Labute approximate surface area is 172 Å². The SMILES string of the molecule is CC(C)(C)OC(=O)C[C@@H](CCC(F)(F)F)C(=O)N1C(=O)OC/C1=C\c1ccccc1. The molecule has 0 unspecified atom stereocenters. The number of rotatable bonds is 6. The summed E-state index contributed by atoms with van der Waals surface area (Å²) in [4.78, 5) is 38.0. The fourth-order valence-corrected chi connectivity index (χ4v) is 2.88. The number of cyclic esters (lactones) is 1. The zero-order chi connectivity index (χ0) is 22.5. The van der Waals surface area contributed by atoms with Crippen LogP contribution in [0.1, 0.15) is 45.6 Å². The van der Waals surface area contributed by atoms with E-state index in [2.05, 4.69) is 0 Å². The number of nitrogens with zero attached hydrogens (tertiary/aromatic N) is 1. The molecule has 1 heterocycles. The van der Waals surface area contributed by atoms with Gasteiger partial charge in [-0.15, -0.1) is 0 Å². The molecule has 2 rings (SSSR count). The van der Waals surface area contributed by atoms with Crippen molar-refractivity contribution in [1.29, 1.82) is 0 Å². The minimum absolute atomic E-state index is 0.192. The predicted molar refractivity (Wildman–Crippen MR) is 102 cm³/mol. The van der Waals surface area contributed by atoms with Crippen LogP contribution in [0.3, 0.4) is 0 Å². The molecule has 164 valence electrons. The predicted octanol–water partition coefficient (Wildman–Crippen LogP) is 4.70. The Bertz CT molecular complexity index is 812. The van der Waals surface area contributed by atoms with Crippen molar-refractivity contribution < 1.29 is 37.0 Å². The van der Waals surface area contributed by atoms with Gasteiger partial charge in [0, 0.05) is 12.3 Å².